The van der Waals surface area contributed by atoms with Crippen molar-refractivity contribution in [2.45, 2.75) is 20.3 Å². The maximum atomic E-state index is 12.0. The summed E-state index contributed by atoms with van der Waals surface area (Å²) in [6.45, 7) is 4.86. The second kappa shape index (κ2) is 6.27. The molecule has 0 bridgehead atoms. The molecule has 1 N–H and O–H groups in total. The summed E-state index contributed by atoms with van der Waals surface area (Å²) in [5, 5.41) is 2.96. The Hall–Kier alpha value is -1.55. The van der Waals surface area contributed by atoms with E-state index >= 15 is 0 Å². The molecular weight excluding hydrogens is 316 g/mol. The zero-order chi connectivity index (χ0) is 14.7. The van der Waals surface area contributed by atoms with Crippen molar-refractivity contribution in [3.8, 4) is 0 Å². The third kappa shape index (κ3) is 3.31. The smallest absolute Gasteiger partial charge is 0.251 e. The molecule has 0 saturated carbocycles. The van der Waals surface area contributed by atoms with Crippen molar-refractivity contribution in [2.75, 3.05) is 6.54 Å². The van der Waals surface area contributed by atoms with Crippen molar-refractivity contribution in [3.05, 3.63) is 57.3 Å². The minimum absolute atomic E-state index is 0.0252. The number of carbonyl (C=O) groups excluding carboxylic acids is 1. The number of benzene rings is 1. The lowest BCUT2D eigenvalue weighted by molar-refractivity contribution is 0.0954. The summed E-state index contributed by atoms with van der Waals surface area (Å²) < 4.78 is 3.15. The minimum Gasteiger partial charge on any atom is -0.352 e. The zero-order valence-electron chi connectivity index (χ0n) is 12.0. The number of nitrogens with zero attached hydrogens (tertiary/aromatic N) is 1. The Labute approximate surface area is 128 Å². The average molecular weight is 335 g/mol. The summed E-state index contributed by atoms with van der Waals surface area (Å²) in [5.41, 5.74) is 4.49. The van der Waals surface area contributed by atoms with Crippen molar-refractivity contribution in [1.29, 1.82) is 0 Å². The van der Waals surface area contributed by atoms with Crippen molar-refractivity contribution in [2.24, 2.45) is 7.05 Å². The molecule has 2 rings (SSSR count). The van der Waals surface area contributed by atoms with Gasteiger partial charge < -0.3 is 9.88 Å². The van der Waals surface area contributed by atoms with Crippen molar-refractivity contribution >= 4 is 21.8 Å². The van der Waals surface area contributed by atoms with Gasteiger partial charge in [0.2, 0.25) is 0 Å². The van der Waals surface area contributed by atoms with E-state index in [1.165, 1.54) is 17.0 Å². The summed E-state index contributed by atoms with van der Waals surface area (Å²) in [5.74, 6) is -0.0252. The second-order valence-corrected chi connectivity index (χ2v) is 5.88. The Morgan fingerprint density at radius 1 is 1.25 bits per heavy atom. The number of rotatable bonds is 4. The second-order valence-electron chi connectivity index (χ2n) is 4.97. The quantitative estimate of drug-likeness (QED) is 0.913. The largest absolute Gasteiger partial charge is 0.352 e. The van der Waals surface area contributed by atoms with Crippen molar-refractivity contribution in [1.82, 2.24) is 9.88 Å². The molecule has 0 aliphatic rings. The van der Waals surface area contributed by atoms with E-state index in [0.717, 1.165) is 10.9 Å². The number of carbonyl (C=O) groups is 1. The molecule has 0 aliphatic heterocycles. The van der Waals surface area contributed by atoms with Gasteiger partial charge in [0.15, 0.2) is 0 Å². The number of aryl methyl sites for hydroxylation is 1. The lowest BCUT2D eigenvalue weighted by atomic mass is 10.1. The van der Waals surface area contributed by atoms with Gasteiger partial charge in [-0.3, -0.25) is 4.79 Å². The van der Waals surface area contributed by atoms with E-state index in [1.54, 1.807) is 0 Å². The highest BCUT2D eigenvalue weighted by atomic mass is 79.9. The number of nitrogens with one attached hydrogen (secondary N) is 1. The van der Waals surface area contributed by atoms with E-state index in [4.69, 9.17) is 0 Å². The van der Waals surface area contributed by atoms with Gasteiger partial charge in [0.05, 0.1) is 0 Å². The summed E-state index contributed by atoms with van der Waals surface area (Å²) in [6, 6.07) is 9.56. The molecule has 2 aromatic rings. The third-order valence-corrected chi connectivity index (χ3v) is 4.19. The van der Waals surface area contributed by atoms with E-state index in [0.29, 0.717) is 12.1 Å². The van der Waals surface area contributed by atoms with Crippen LogP contribution >= 0.6 is 15.9 Å². The molecule has 4 heteroatoms. The van der Waals surface area contributed by atoms with Gasteiger partial charge >= 0.3 is 0 Å². The lowest BCUT2D eigenvalue weighted by Gasteiger charge is -2.06. The van der Waals surface area contributed by atoms with E-state index < -0.39 is 0 Å². The summed E-state index contributed by atoms with van der Waals surface area (Å²) in [6.07, 6.45) is 0.857. The van der Waals surface area contributed by atoms with Gasteiger partial charge in [-0.05, 0) is 56.2 Å². The van der Waals surface area contributed by atoms with Crippen molar-refractivity contribution in [3.63, 3.8) is 0 Å². The number of aromatic nitrogens is 1. The van der Waals surface area contributed by atoms with Crippen molar-refractivity contribution < 1.29 is 4.79 Å². The molecule has 1 aromatic carbocycles. The predicted octanol–water partition coefficient (Wildman–Crippen LogP) is 3.38. The predicted molar refractivity (Wildman–Crippen MR) is 85.1 cm³/mol. The standard InChI is InChI=1S/C16H19BrN2O/c1-11-10-14(12(2)19(11)3)8-9-18-16(20)13-4-6-15(17)7-5-13/h4-7,10H,8-9H2,1-3H3,(H,18,20). The van der Waals surface area contributed by atoms with Gasteiger partial charge in [0, 0.05) is 35.0 Å². The van der Waals surface area contributed by atoms with Crippen LogP contribution in [0.3, 0.4) is 0 Å². The molecule has 0 unspecified atom stereocenters. The Balaban J connectivity index is 1.91. The zero-order valence-corrected chi connectivity index (χ0v) is 13.6. The summed E-state index contributed by atoms with van der Waals surface area (Å²) in [4.78, 5) is 12.0. The first-order valence-corrected chi connectivity index (χ1v) is 7.44. The molecule has 106 valence electrons. The van der Waals surface area contributed by atoms with E-state index in [9.17, 15) is 4.79 Å². The molecular formula is C16H19BrN2O. The van der Waals surface area contributed by atoms with Crippen LogP contribution in [0.4, 0.5) is 0 Å². The fraction of sp³-hybridized carbons (Fsp3) is 0.312. The van der Waals surface area contributed by atoms with Gasteiger partial charge in [0.25, 0.3) is 5.91 Å². The van der Waals surface area contributed by atoms with E-state index in [2.05, 4.69) is 52.8 Å². The number of hydrogen-bond acceptors (Lipinski definition) is 1. The van der Waals surface area contributed by atoms with Crippen LogP contribution in [-0.4, -0.2) is 17.0 Å². The van der Waals surface area contributed by atoms with Gasteiger partial charge in [-0.1, -0.05) is 15.9 Å². The van der Waals surface area contributed by atoms with Crippen LogP contribution in [0.15, 0.2) is 34.8 Å². The van der Waals surface area contributed by atoms with Crippen LogP contribution in [0, 0.1) is 13.8 Å². The number of hydrogen-bond donors (Lipinski definition) is 1. The Bertz CT molecular complexity index is 614. The number of halogens is 1. The fourth-order valence-corrected chi connectivity index (χ4v) is 2.46. The van der Waals surface area contributed by atoms with Gasteiger partial charge in [0.1, 0.15) is 0 Å². The first-order valence-electron chi connectivity index (χ1n) is 6.64. The summed E-state index contributed by atoms with van der Waals surface area (Å²) >= 11 is 3.36. The van der Waals surface area contributed by atoms with Gasteiger partial charge in [-0.2, -0.15) is 0 Å². The molecule has 1 amide bonds. The van der Waals surface area contributed by atoms with Crippen LogP contribution in [0.25, 0.3) is 0 Å². The van der Waals surface area contributed by atoms with E-state index in [-0.39, 0.29) is 5.91 Å². The molecule has 0 radical (unpaired) electrons. The topological polar surface area (TPSA) is 34.0 Å². The van der Waals surface area contributed by atoms with Crippen LogP contribution < -0.4 is 5.32 Å². The Morgan fingerprint density at radius 3 is 2.45 bits per heavy atom. The molecule has 0 fully saturated rings. The summed E-state index contributed by atoms with van der Waals surface area (Å²) in [7, 11) is 2.06. The highest BCUT2D eigenvalue weighted by molar-refractivity contribution is 9.10. The van der Waals surface area contributed by atoms with Crippen LogP contribution in [-0.2, 0) is 13.5 Å². The number of amides is 1. The molecule has 20 heavy (non-hydrogen) atoms. The maximum Gasteiger partial charge on any atom is 0.251 e. The van der Waals surface area contributed by atoms with Crippen LogP contribution in [0.1, 0.15) is 27.3 Å². The van der Waals surface area contributed by atoms with E-state index in [1.807, 2.05) is 24.3 Å². The maximum absolute atomic E-state index is 12.0. The Morgan fingerprint density at radius 2 is 1.90 bits per heavy atom. The molecule has 0 spiro atoms. The first-order chi connectivity index (χ1) is 9.49. The third-order valence-electron chi connectivity index (χ3n) is 3.67. The monoisotopic (exact) mass is 334 g/mol. The normalized spacial score (nSPS) is 10.6. The van der Waals surface area contributed by atoms with Crippen LogP contribution in [0.5, 0.6) is 0 Å². The van der Waals surface area contributed by atoms with Gasteiger partial charge in [-0.15, -0.1) is 0 Å². The fourth-order valence-electron chi connectivity index (χ4n) is 2.20. The lowest BCUT2D eigenvalue weighted by Crippen LogP contribution is -2.25. The molecule has 0 atom stereocenters. The molecule has 0 aliphatic carbocycles. The Kier molecular flexibility index (Phi) is 4.65. The van der Waals surface area contributed by atoms with Gasteiger partial charge in [-0.25, -0.2) is 0 Å². The molecule has 3 nitrogen and oxygen atoms in total. The highest BCUT2D eigenvalue weighted by Gasteiger charge is 2.08. The molecule has 1 heterocycles. The SMILES string of the molecule is Cc1cc(CCNC(=O)c2ccc(Br)cc2)c(C)n1C. The minimum atomic E-state index is -0.0252. The molecule has 0 saturated heterocycles. The first kappa shape index (κ1) is 14.9. The average Bonchev–Trinajstić information content (AvgIpc) is 2.67. The molecule has 1 aromatic heterocycles. The van der Waals surface area contributed by atoms with Crippen LogP contribution in [0.2, 0.25) is 0 Å². The highest BCUT2D eigenvalue weighted by Crippen LogP contribution is 2.13.